The first-order valence-corrected chi connectivity index (χ1v) is 6.85. The fourth-order valence-corrected chi connectivity index (χ4v) is 2.24. The van der Waals surface area contributed by atoms with E-state index in [-0.39, 0.29) is 0 Å². The van der Waals surface area contributed by atoms with Crippen molar-refractivity contribution in [1.29, 1.82) is 0 Å². The maximum absolute atomic E-state index is 11.0. The number of carbonyl (C=O) groups is 1. The first-order valence-electron chi connectivity index (χ1n) is 6.85. The number of benzene rings is 3. The zero-order valence-corrected chi connectivity index (χ0v) is 12.1. The molecule has 4 heteroatoms. The van der Waals surface area contributed by atoms with Gasteiger partial charge in [-0.25, -0.2) is 4.79 Å². The summed E-state index contributed by atoms with van der Waals surface area (Å²) in [4.78, 5) is 11.0. The highest BCUT2D eigenvalue weighted by Crippen LogP contribution is 2.27. The fraction of sp³-hybridized carbons (Fsp3) is 0.0556. The van der Waals surface area contributed by atoms with Gasteiger partial charge in [0.25, 0.3) is 0 Å². The van der Waals surface area contributed by atoms with Crippen LogP contribution in [0.2, 0.25) is 0 Å². The van der Waals surface area contributed by atoms with Crippen LogP contribution in [-0.2, 0) is 4.74 Å². The summed E-state index contributed by atoms with van der Waals surface area (Å²) in [5.74, 6) is 0. The molecule has 0 radical (unpaired) electrons. The van der Waals surface area contributed by atoms with Crippen LogP contribution in [0.5, 0.6) is 0 Å². The third kappa shape index (κ3) is 3.01. The molecule has 22 heavy (non-hydrogen) atoms. The molecule has 0 aliphatic carbocycles. The Morgan fingerprint density at radius 2 is 1.59 bits per heavy atom. The summed E-state index contributed by atoms with van der Waals surface area (Å²) in [7, 11) is 1.27. The van der Waals surface area contributed by atoms with Gasteiger partial charge in [-0.05, 0) is 40.1 Å². The molecule has 0 fully saturated rings. The Morgan fingerprint density at radius 3 is 2.36 bits per heavy atom. The predicted octanol–water partition coefficient (Wildman–Crippen LogP) is 5.36. The van der Waals surface area contributed by atoms with Crippen molar-refractivity contribution in [2.75, 3.05) is 7.11 Å². The molecule has 0 unspecified atom stereocenters. The van der Waals surface area contributed by atoms with E-state index in [1.54, 1.807) is 0 Å². The van der Waals surface area contributed by atoms with Gasteiger partial charge in [0, 0.05) is 0 Å². The summed E-state index contributed by atoms with van der Waals surface area (Å²) in [5, 5.41) is 9.46. The number of hydrogen-bond acceptors (Lipinski definition) is 3. The number of ether oxygens (including phenoxy) is 1. The molecule has 0 spiro atoms. The van der Waals surface area contributed by atoms with E-state index in [0.717, 1.165) is 16.3 Å². The van der Waals surface area contributed by atoms with Gasteiger partial charge in [-0.1, -0.05) is 53.6 Å². The topological polar surface area (TPSA) is 51.0 Å². The van der Waals surface area contributed by atoms with E-state index < -0.39 is 6.09 Å². The number of fused-ring (bicyclic) bond motifs is 1. The first-order chi connectivity index (χ1) is 10.8. The molecule has 0 aliphatic rings. The molecule has 3 aromatic carbocycles. The maximum atomic E-state index is 11.0. The van der Waals surface area contributed by atoms with Crippen LogP contribution in [0.15, 0.2) is 77.0 Å². The first kappa shape index (κ1) is 13.9. The van der Waals surface area contributed by atoms with Crippen molar-refractivity contribution in [3.05, 3.63) is 66.7 Å². The van der Waals surface area contributed by atoms with Crippen LogP contribution in [0.4, 0.5) is 10.5 Å². The van der Waals surface area contributed by atoms with Crippen molar-refractivity contribution in [1.82, 2.24) is 0 Å². The molecule has 108 valence electrons. The lowest BCUT2D eigenvalue weighted by atomic mass is 10.0. The molecular weight excluding hydrogens is 276 g/mol. The summed E-state index contributed by atoms with van der Waals surface area (Å²) in [6.45, 7) is 0. The van der Waals surface area contributed by atoms with Crippen molar-refractivity contribution in [3.8, 4) is 11.1 Å². The average molecular weight is 290 g/mol. The maximum Gasteiger partial charge on any atom is 0.452 e. The minimum atomic E-state index is -0.709. The molecule has 3 rings (SSSR count). The summed E-state index contributed by atoms with van der Waals surface area (Å²) in [6, 6.07) is 22.1. The fourth-order valence-electron chi connectivity index (χ4n) is 2.24. The van der Waals surface area contributed by atoms with Crippen molar-refractivity contribution in [3.63, 3.8) is 0 Å². The number of azo groups is 1. The van der Waals surface area contributed by atoms with E-state index in [4.69, 9.17) is 0 Å². The smallest absolute Gasteiger partial charge is 0.450 e. The highest BCUT2D eigenvalue weighted by molar-refractivity contribution is 5.89. The van der Waals surface area contributed by atoms with Gasteiger partial charge in [-0.2, -0.15) is 0 Å². The van der Waals surface area contributed by atoms with Crippen molar-refractivity contribution < 1.29 is 9.53 Å². The van der Waals surface area contributed by atoms with Gasteiger partial charge < -0.3 is 4.74 Å². The zero-order valence-electron chi connectivity index (χ0n) is 12.1. The predicted molar refractivity (Wildman–Crippen MR) is 86.3 cm³/mol. The second kappa shape index (κ2) is 6.18. The normalized spacial score (nSPS) is 11.0. The van der Waals surface area contributed by atoms with Gasteiger partial charge >= 0.3 is 6.09 Å². The molecule has 3 aromatic rings. The van der Waals surface area contributed by atoms with E-state index in [0.29, 0.717) is 5.69 Å². The van der Waals surface area contributed by atoms with E-state index in [1.165, 1.54) is 12.7 Å². The number of rotatable bonds is 2. The van der Waals surface area contributed by atoms with Gasteiger partial charge in [0.15, 0.2) is 0 Å². The average Bonchev–Trinajstić information content (AvgIpc) is 2.59. The van der Waals surface area contributed by atoms with E-state index in [2.05, 4.69) is 39.2 Å². The summed E-state index contributed by atoms with van der Waals surface area (Å²) < 4.78 is 4.42. The SMILES string of the molecule is COC(=O)N=Nc1ccc2cc(-c3ccccc3)ccc2c1. The molecule has 4 nitrogen and oxygen atoms in total. The van der Waals surface area contributed by atoms with Crippen molar-refractivity contribution in [2.24, 2.45) is 10.2 Å². The van der Waals surface area contributed by atoms with Gasteiger partial charge in [-0.15, -0.1) is 5.11 Å². The third-order valence-corrected chi connectivity index (χ3v) is 3.35. The van der Waals surface area contributed by atoms with Crippen LogP contribution in [0.1, 0.15) is 0 Å². The molecule has 0 aromatic heterocycles. The number of amides is 1. The van der Waals surface area contributed by atoms with Crippen LogP contribution in [0, 0.1) is 0 Å². The van der Waals surface area contributed by atoms with Crippen LogP contribution in [0.3, 0.4) is 0 Å². The molecule has 1 amide bonds. The van der Waals surface area contributed by atoms with Gasteiger partial charge in [0.05, 0.1) is 12.8 Å². The Hall–Kier alpha value is -3.01. The lowest BCUT2D eigenvalue weighted by molar-refractivity contribution is 0.181. The van der Waals surface area contributed by atoms with E-state index >= 15 is 0 Å². The highest BCUT2D eigenvalue weighted by Gasteiger charge is 2.01. The zero-order chi connectivity index (χ0) is 15.4. The minimum absolute atomic E-state index is 0.616. The Balaban J connectivity index is 1.95. The number of carbonyl (C=O) groups excluding carboxylic acids is 1. The largest absolute Gasteiger partial charge is 0.452 e. The molecule has 0 bridgehead atoms. The van der Waals surface area contributed by atoms with Crippen LogP contribution in [-0.4, -0.2) is 13.2 Å². The summed E-state index contributed by atoms with van der Waals surface area (Å²) in [6.07, 6.45) is -0.709. The van der Waals surface area contributed by atoms with Gasteiger partial charge in [0.2, 0.25) is 0 Å². The quantitative estimate of drug-likeness (QED) is 0.597. The molecule has 0 aliphatic heterocycles. The Bertz CT molecular complexity index is 842. The van der Waals surface area contributed by atoms with Crippen LogP contribution in [0.25, 0.3) is 21.9 Å². The van der Waals surface area contributed by atoms with E-state index in [9.17, 15) is 4.79 Å². The number of nitrogens with zero attached hydrogens (tertiary/aromatic N) is 2. The molecule has 0 N–H and O–H groups in total. The molecular formula is C18H14N2O2. The summed E-state index contributed by atoms with van der Waals surface area (Å²) >= 11 is 0. The molecule has 0 saturated heterocycles. The van der Waals surface area contributed by atoms with Crippen LogP contribution < -0.4 is 0 Å². The van der Waals surface area contributed by atoms with Crippen LogP contribution >= 0.6 is 0 Å². The molecule has 0 atom stereocenters. The lowest BCUT2D eigenvalue weighted by Crippen LogP contribution is -1.89. The number of methoxy groups -OCH3 is 1. The molecule has 0 saturated carbocycles. The summed E-state index contributed by atoms with van der Waals surface area (Å²) in [5.41, 5.74) is 2.96. The van der Waals surface area contributed by atoms with Gasteiger partial charge in [-0.3, -0.25) is 0 Å². The second-order valence-corrected chi connectivity index (χ2v) is 4.78. The van der Waals surface area contributed by atoms with Crippen molar-refractivity contribution >= 4 is 22.6 Å². The second-order valence-electron chi connectivity index (χ2n) is 4.78. The Labute approximate surface area is 128 Å². The molecule has 0 heterocycles. The van der Waals surface area contributed by atoms with Crippen molar-refractivity contribution in [2.45, 2.75) is 0 Å². The standard InChI is InChI=1S/C18H14N2O2/c1-22-18(21)20-19-17-10-9-15-11-14(7-8-16(15)12-17)13-5-3-2-4-6-13/h2-12H,1H3. The third-order valence-electron chi connectivity index (χ3n) is 3.35. The van der Waals surface area contributed by atoms with Gasteiger partial charge in [0.1, 0.15) is 0 Å². The number of hydrogen-bond donors (Lipinski definition) is 0. The Kier molecular flexibility index (Phi) is 3.92. The highest BCUT2D eigenvalue weighted by atomic mass is 16.5. The lowest BCUT2D eigenvalue weighted by Gasteiger charge is -2.04. The minimum Gasteiger partial charge on any atom is -0.450 e. The van der Waals surface area contributed by atoms with E-state index in [1.807, 2.05) is 42.5 Å². The monoisotopic (exact) mass is 290 g/mol. The Morgan fingerprint density at radius 1 is 0.864 bits per heavy atom.